The molecule has 0 fully saturated rings. The van der Waals surface area contributed by atoms with Gasteiger partial charge in [-0.15, -0.1) is 0 Å². The molecule has 2 aromatic carbocycles. The summed E-state index contributed by atoms with van der Waals surface area (Å²) in [6.45, 7) is 0. The normalized spacial score (nSPS) is 16.8. The number of carbonyl (C=O) groups is 1. The van der Waals surface area contributed by atoms with Crippen molar-refractivity contribution in [2.45, 2.75) is 23.8 Å². The first kappa shape index (κ1) is 17.2. The molecule has 0 amide bonds. The molecule has 8 heteroatoms. The van der Waals surface area contributed by atoms with E-state index in [1.165, 1.54) is 24.3 Å². The van der Waals surface area contributed by atoms with Crippen LogP contribution < -0.4 is 4.72 Å². The number of aromatic carboxylic acids is 1. The van der Waals surface area contributed by atoms with Gasteiger partial charge in [-0.1, -0.05) is 35.3 Å². The van der Waals surface area contributed by atoms with Gasteiger partial charge in [0.1, 0.15) is 4.90 Å². The lowest BCUT2D eigenvalue weighted by Crippen LogP contribution is -2.28. The van der Waals surface area contributed by atoms with E-state index in [0.29, 0.717) is 18.4 Å². The Morgan fingerprint density at radius 2 is 1.83 bits per heavy atom. The standard InChI is InChI=1S/C16H13Cl2NO4S/c17-12-2-1-3-13(18)15(12)24(22,23)19-14-7-6-9-4-5-10(16(20)21)8-11(9)14/h1-5,8,14,19H,6-7H2,(H,20,21)/t14-/m1/s1. The lowest BCUT2D eigenvalue weighted by molar-refractivity contribution is 0.0696. The second kappa shape index (κ2) is 6.37. The fourth-order valence-corrected chi connectivity index (χ4v) is 5.24. The van der Waals surface area contributed by atoms with Crippen LogP contribution in [0.15, 0.2) is 41.3 Å². The third-order valence-electron chi connectivity index (χ3n) is 3.96. The summed E-state index contributed by atoms with van der Waals surface area (Å²) < 4.78 is 27.9. The van der Waals surface area contributed by atoms with E-state index in [1.54, 1.807) is 12.1 Å². The first-order chi connectivity index (χ1) is 11.3. The first-order valence-corrected chi connectivity index (χ1v) is 9.36. The molecule has 1 atom stereocenters. The Morgan fingerprint density at radius 3 is 2.46 bits per heavy atom. The van der Waals surface area contributed by atoms with Gasteiger partial charge in [-0.2, -0.15) is 0 Å². The Balaban J connectivity index is 1.97. The Hall–Kier alpha value is -1.60. The molecule has 0 unspecified atom stereocenters. The zero-order chi connectivity index (χ0) is 17.5. The van der Waals surface area contributed by atoms with E-state index in [9.17, 15) is 13.2 Å². The van der Waals surface area contributed by atoms with Crippen LogP contribution in [0.5, 0.6) is 0 Å². The highest BCUT2D eigenvalue weighted by atomic mass is 35.5. The third kappa shape index (κ3) is 3.15. The maximum atomic E-state index is 12.7. The highest BCUT2D eigenvalue weighted by molar-refractivity contribution is 7.89. The Labute approximate surface area is 149 Å². The lowest BCUT2D eigenvalue weighted by atomic mass is 10.0. The van der Waals surface area contributed by atoms with Crippen molar-refractivity contribution in [1.82, 2.24) is 4.72 Å². The van der Waals surface area contributed by atoms with Gasteiger partial charge in [0.2, 0.25) is 10.0 Å². The fourth-order valence-electron chi connectivity index (χ4n) is 2.84. The Bertz CT molecular complexity index is 907. The quantitative estimate of drug-likeness (QED) is 0.840. The van der Waals surface area contributed by atoms with Crippen molar-refractivity contribution in [1.29, 1.82) is 0 Å². The molecule has 24 heavy (non-hydrogen) atoms. The predicted octanol–water partition coefficient (Wildman–Crippen LogP) is 3.66. The molecule has 0 spiro atoms. The first-order valence-electron chi connectivity index (χ1n) is 7.12. The number of sulfonamides is 1. The van der Waals surface area contributed by atoms with Gasteiger partial charge in [-0.3, -0.25) is 0 Å². The summed E-state index contributed by atoms with van der Waals surface area (Å²) in [6, 6.07) is 8.69. The SMILES string of the molecule is O=C(O)c1ccc2c(c1)[C@H](NS(=O)(=O)c1c(Cl)cccc1Cl)CC2. The van der Waals surface area contributed by atoms with Crippen LogP contribution in [0.2, 0.25) is 10.0 Å². The van der Waals surface area contributed by atoms with Gasteiger partial charge in [0, 0.05) is 6.04 Å². The molecule has 3 rings (SSSR count). The van der Waals surface area contributed by atoms with Gasteiger partial charge in [0.05, 0.1) is 15.6 Å². The molecule has 0 saturated carbocycles. The van der Waals surface area contributed by atoms with Gasteiger partial charge in [0.25, 0.3) is 0 Å². The molecule has 2 aromatic rings. The largest absolute Gasteiger partial charge is 0.478 e. The molecule has 0 radical (unpaired) electrons. The number of halogens is 2. The minimum Gasteiger partial charge on any atom is -0.478 e. The van der Waals surface area contributed by atoms with Crippen LogP contribution in [0.3, 0.4) is 0 Å². The Morgan fingerprint density at radius 1 is 1.17 bits per heavy atom. The number of carboxylic acids is 1. The number of nitrogens with one attached hydrogen (secondary N) is 1. The van der Waals surface area contributed by atoms with Crippen LogP contribution in [-0.4, -0.2) is 19.5 Å². The summed E-state index contributed by atoms with van der Waals surface area (Å²) in [5, 5.41) is 9.18. The summed E-state index contributed by atoms with van der Waals surface area (Å²) >= 11 is 12.0. The summed E-state index contributed by atoms with van der Waals surface area (Å²) in [7, 11) is -3.94. The summed E-state index contributed by atoms with van der Waals surface area (Å²) in [6.07, 6.45) is 1.21. The molecular formula is C16H13Cl2NO4S. The van der Waals surface area contributed by atoms with Crippen molar-refractivity contribution in [3.8, 4) is 0 Å². The number of benzene rings is 2. The number of rotatable bonds is 4. The molecule has 1 aliphatic carbocycles. The average molecular weight is 386 g/mol. The van der Waals surface area contributed by atoms with E-state index in [2.05, 4.69) is 4.72 Å². The number of hydrogen-bond acceptors (Lipinski definition) is 3. The third-order valence-corrected chi connectivity index (χ3v) is 6.38. The van der Waals surface area contributed by atoms with Gasteiger partial charge in [-0.25, -0.2) is 17.9 Å². The van der Waals surface area contributed by atoms with Crippen molar-refractivity contribution >= 4 is 39.2 Å². The van der Waals surface area contributed by atoms with Crippen LogP contribution in [-0.2, 0) is 16.4 Å². The molecule has 5 nitrogen and oxygen atoms in total. The van der Waals surface area contributed by atoms with E-state index in [4.69, 9.17) is 28.3 Å². The topological polar surface area (TPSA) is 83.5 Å². The van der Waals surface area contributed by atoms with Crippen molar-refractivity contribution in [2.75, 3.05) is 0 Å². The number of fused-ring (bicyclic) bond motifs is 1. The molecule has 0 heterocycles. The molecule has 2 N–H and O–H groups in total. The minimum atomic E-state index is -3.94. The second-order valence-corrected chi connectivity index (χ2v) is 7.95. The molecule has 0 bridgehead atoms. The molecule has 1 aliphatic rings. The maximum Gasteiger partial charge on any atom is 0.335 e. The molecule has 126 valence electrons. The van der Waals surface area contributed by atoms with Crippen LogP contribution in [0.1, 0.15) is 33.9 Å². The van der Waals surface area contributed by atoms with Gasteiger partial charge in [0.15, 0.2) is 0 Å². The van der Waals surface area contributed by atoms with Gasteiger partial charge in [-0.05, 0) is 48.2 Å². The van der Waals surface area contributed by atoms with Crippen molar-refractivity contribution < 1.29 is 18.3 Å². The van der Waals surface area contributed by atoms with E-state index in [-0.39, 0.29) is 20.5 Å². The van der Waals surface area contributed by atoms with E-state index < -0.39 is 22.0 Å². The van der Waals surface area contributed by atoms with Crippen molar-refractivity contribution in [3.63, 3.8) is 0 Å². The van der Waals surface area contributed by atoms with Gasteiger partial charge >= 0.3 is 5.97 Å². The van der Waals surface area contributed by atoms with Crippen LogP contribution in [0.4, 0.5) is 0 Å². The summed E-state index contributed by atoms with van der Waals surface area (Å²) in [4.78, 5) is 11.0. The highest BCUT2D eigenvalue weighted by Crippen LogP contribution is 2.35. The molecule has 0 saturated heterocycles. The monoisotopic (exact) mass is 385 g/mol. The smallest absolute Gasteiger partial charge is 0.335 e. The molecule has 0 aliphatic heterocycles. The number of hydrogen-bond donors (Lipinski definition) is 2. The van der Waals surface area contributed by atoms with E-state index >= 15 is 0 Å². The molecule has 0 aromatic heterocycles. The van der Waals surface area contributed by atoms with Crippen LogP contribution in [0, 0.1) is 0 Å². The number of aryl methyl sites for hydroxylation is 1. The van der Waals surface area contributed by atoms with Crippen molar-refractivity contribution in [3.05, 3.63) is 63.1 Å². The van der Waals surface area contributed by atoms with E-state index in [1.807, 2.05) is 0 Å². The zero-order valence-electron chi connectivity index (χ0n) is 12.3. The predicted molar refractivity (Wildman–Crippen MR) is 91.2 cm³/mol. The number of carboxylic acid groups (broad SMARTS) is 1. The average Bonchev–Trinajstić information content (AvgIpc) is 2.88. The second-order valence-electron chi connectivity index (χ2n) is 5.48. The molecular weight excluding hydrogens is 373 g/mol. The van der Waals surface area contributed by atoms with Crippen LogP contribution >= 0.6 is 23.2 Å². The lowest BCUT2D eigenvalue weighted by Gasteiger charge is -2.16. The van der Waals surface area contributed by atoms with Gasteiger partial charge < -0.3 is 5.11 Å². The maximum absolute atomic E-state index is 12.7. The van der Waals surface area contributed by atoms with E-state index in [0.717, 1.165) is 5.56 Å². The minimum absolute atomic E-state index is 0.0347. The fraction of sp³-hybridized carbons (Fsp3) is 0.188. The van der Waals surface area contributed by atoms with Crippen LogP contribution in [0.25, 0.3) is 0 Å². The van der Waals surface area contributed by atoms with Crippen molar-refractivity contribution in [2.24, 2.45) is 0 Å². The summed E-state index contributed by atoms with van der Waals surface area (Å²) in [5.74, 6) is -1.06. The summed E-state index contributed by atoms with van der Waals surface area (Å²) in [5.41, 5.74) is 1.72. The Kier molecular flexibility index (Phi) is 4.57. The highest BCUT2D eigenvalue weighted by Gasteiger charge is 2.30. The zero-order valence-corrected chi connectivity index (χ0v) is 14.6.